The summed E-state index contributed by atoms with van der Waals surface area (Å²) in [6.07, 6.45) is 1.85. The highest BCUT2D eigenvalue weighted by Crippen LogP contribution is 2.43. The molecule has 2 atom stereocenters. The molecule has 0 unspecified atom stereocenters. The summed E-state index contributed by atoms with van der Waals surface area (Å²) in [7, 11) is 0. The third kappa shape index (κ3) is 3.13. The third-order valence-corrected chi connectivity index (χ3v) is 4.11. The molecule has 0 heterocycles. The molecule has 2 aromatic rings. The van der Waals surface area contributed by atoms with E-state index in [2.05, 4.69) is 26.0 Å². The minimum absolute atomic E-state index is 0.176. The standard InChI is InChI=1S/C18H22O3/c1-3-14(12-8-6-5-7-9-12)15(4-2)13-10-16(19)18(21)17(20)11-13/h5-11,14-15,19-21H,3-4H2,1-2H3/t14-,15+/m1/s1. The molecule has 3 N–H and O–H groups in total. The van der Waals surface area contributed by atoms with Crippen molar-refractivity contribution in [2.45, 2.75) is 38.5 Å². The maximum absolute atomic E-state index is 9.74. The quantitative estimate of drug-likeness (QED) is 0.710. The van der Waals surface area contributed by atoms with Gasteiger partial charge in [0.15, 0.2) is 17.2 Å². The molecule has 0 bridgehead atoms. The fourth-order valence-electron chi connectivity index (χ4n) is 3.04. The van der Waals surface area contributed by atoms with Crippen LogP contribution in [0.3, 0.4) is 0 Å². The molecule has 0 aliphatic heterocycles. The van der Waals surface area contributed by atoms with Gasteiger partial charge < -0.3 is 15.3 Å². The van der Waals surface area contributed by atoms with Gasteiger partial charge in [-0.05, 0) is 47.9 Å². The highest BCUT2D eigenvalue weighted by Gasteiger charge is 2.23. The predicted molar refractivity (Wildman–Crippen MR) is 83.9 cm³/mol. The fourth-order valence-corrected chi connectivity index (χ4v) is 3.04. The van der Waals surface area contributed by atoms with E-state index in [4.69, 9.17) is 0 Å². The van der Waals surface area contributed by atoms with Gasteiger partial charge in [0.1, 0.15) is 0 Å². The summed E-state index contributed by atoms with van der Waals surface area (Å²) in [5, 5.41) is 29.0. The summed E-state index contributed by atoms with van der Waals surface area (Å²) in [5.74, 6) is -0.520. The lowest BCUT2D eigenvalue weighted by Crippen LogP contribution is -2.10. The summed E-state index contributed by atoms with van der Waals surface area (Å²) in [4.78, 5) is 0. The predicted octanol–water partition coefficient (Wildman–Crippen LogP) is 4.49. The monoisotopic (exact) mass is 286 g/mol. The van der Waals surface area contributed by atoms with Crippen molar-refractivity contribution >= 4 is 0 Å². The number of hydrogen-bond donors (Lipinski definition) is 3. The van der Waals surface area contributed by atoms with Gasteiger partial charge >= 0.3 is 0 Å². The van der Waals surface area contributed by atoms with Gasteiger partial charge in [-0.2, -0.15) is 0 Å². The molecule has 2 rings (SSSR count). The molecule has 3 nitrogen and oxygen atoms in total. The van der Waals surface area contributed by atoms with Gasteiger partial charge in [-0.3, -0.25) is 0 Å². The zero-order valence-electron chi connectivity index (χ0n) is 12.5. The van der Waals surface area contributed by atoms with E-state index in [0.29, 0.717) is 5.92 Å². The first-order valence-electron chi connectivity index (χ1n) is 7.38. The normalized spacial score (nSPS) is 13.8. The topological polar surface area (TPSA) is 60.7 Å². The Morgan fingerprint density at radius 2 is 1.24 bits per heavy atom. The number of phenols is 3. The Hall–Kier alpha value is -2.16. The van der Waals surface area contributed by atoms with E-state index >= 15 is 0 Å². The second kappa shape index (κ2) is 6.53. The molecular weight excluding hydrogens is 264 g/mol. The van der Waals surface area contributed by atoms with E-state index in [1.165, 1.54) is 5.56 Å². The Morgan fingerprint density at radius 1 is 0.762 bits per heavy atom. The number of aromatic hydroxyl groups is 3. The largest absolute Gasteiger partial charge is 0.504 e. The van der Waals surface area contributed by atoms with Crippen molar-refractivity contribution in [2.75, 3.05) is 0 Å². The van der Waals surface area contributed by atoms with Crippen molar-refractivity contribution in [1.82, 2.24) is 0 Å². The second-order valence-corrected chi connectivity index (χ2v) is 5.35. The van der Waals surface area contributed by atoms with Crippen LogP contribution in [0.2, 0.25) is 0 Å². The summed E-state index contributed by atoms with van der Waals surface area (Å²) >= 11 is 0. The van der Waals surface area contributed by atoms with E-state index in [1.54, 1.807) is 12.1 Å². The van der Waals surface area contributed by atoms with Crippen molar-refractivity contribution < 1.29 is 15.3 Å². The SMILES string of the molecule is CC[C@H](c1ccccc1)[C@@H](CC)c1cc(O)c(O)c(O)c1. The van der Waals surface area contributed by atoms with Crippen molar-refractivity contribution in [2.24, 2.45) is 0 Å². The molecule has 0 spiro atoms. The first kappa shape index (κ1) is 15.2. The Kier molecular flexibility index (Phi) is 4.73. The van der Waals surface area contributed by atoms with Gasteiger partial charge in [-0.15, -0.1) is 0 Å². The highest BCUT2D eigenvalue weighted by molar-refractivity contribution is 5.52. The van der Waals surface area contributed by atoms with E-state index in [0.717, 1.165) is 18.4 Å². The van der Waals surface area contributed by atoms with Gasteiger partial charge in [0.2, 0.25) is 0 Å². The van der Waals surface area contributed by atoms with Crippen LogP contribution in [0.15, 0.2) is 42.5 Å². The summed E-state index contributed by atoms with van der Waals surface area (Å²) < 4.78 is 0. The molecule has 0 amide bonds. The molecule has 0 aromatic heterocycles. The Labute approximate surface area is 125 Å². The van der Waals surface area contributed by atoms with Crippen molar-refractivity contribution in [3.05, 3.63) is 53.6 Å². The Balaban J connectivity index is 2.43. The van der Waals surface area contributed by atoms with Crippen LogP contribution in [0.4, 0.5) is 0 Å². The molecule has 112 valence electrons. The van der Waals surface area contributed by atoms with Gasteiger partial charge in [-0.1, -0.05) is 44.2 Å². The maximum atomic E-state index is 9.74. The summed E-state index contributed by atoms with van der Waals surface area (Å²) in [5.41, 5.74) is 2.10. The van der Waals surface area contributed by atoms with Gasteiger partial charge in [0, 0.05) is 0 Å². The lowest BCUT2D eigenvalue weighted by atomic mass is 9.78. The summed E-state index contributed by atoms with van der Waals surface area (Å²) in [6.45, 7) is 4.23. The maximum Gasteiger partial charge on any atom is 0.200 e. The zero-order chi connectivity index (χ0) is 15.4. The average Bonchev–Trinajstić information content (AvgIpc) is 2.50. The first-order valence-corrected chi connectivity index (χ1v) is 7.38. The minimum Gasteiger partial charge on any atom is -0.504 e. The van der Waals surface area contributed by atoms with Crippen LogP contribution in [0.5, 0.6) is 17.2 Å². The molecule has 21 heavy (non-hydrogen) atoms. The van der Waals surface area contributed by atoms with Crippen LogP contribution in [0.1, 0.15) is 49.7 Å². The molecule has 0 saturated heterocycles. The van der Waals surface area contributed by atoms with Crippen molar-refractivity contribution in [1.29, 1.82) is 0 Å². The molecule has 0 fully saturated rings. The second-order valence-electron chi connectivity index (χ2n) is 5.35. The first-order chi connectivity index (χ1) is 10.1. The number of phenolic OH excluding ortho intramolecular Hbond substituents is 3. The molecule has 0 saturated carbocycles. The van der Waals surface area contributed by atoms with Gasteiger partial charge in [0.25, 0.3) is 0 Å². The number of hydrogen-bond acceptors (Lipinski definition) is 3. The van der Waals surface area contributed by atoms with E-state index < -0.39 is 5.75 Å². The van der Waals surface area contributed by atoms with Gasteiger partial charge in [-0.25, -0.2) is 0 Å². The zero-order valence-corrected chi connectivity index (χ0v) is 12.5. The van der Waals surface area contributed by atoms with Crippen LogP contribution in [0, 0.1) is 0 Å². The van der Waals surface area contributed by atoms with E-state index in [1.807, 2.05) is 18.2 Å². The third-order valence-electron chi connectivity index (χ3n) is 4.11. The van der Waals surface area contributed by atoms with Crippen LogP contribution < -0.4 is 0 Å². The smallest absolute Gasteiger partial charge is 0.200 e. The van der Waals surface area contributed by atoms with Crippen molar-refractivity contribution in [3.8, 4) is 17.2 Å². The average molecular weight is 286 g/mol. The van der Waals surface area contributed by atoms with Crippen molar-refractivity contribution in [3.63, 3.8) is 0 Å². The fraction of sp³-hybridized carbons (Fsp3) is 0.333. The minimum atomic E-state index is -0.457. The number of rotatable bonds is 5. The summed E-state index contributed by atoms with van der Waals surface area (Å²) in [6, 6.07) is 13.4. The lowest BCUT2D eigenvalue weighted by Gasteiger charge is -2.26. The molecule has 2 aromatic carbocycles. The highest BCUT2D eigenvalue weighted by atomic mass is 16.3. The molecule has 0 aliphatic carbocycles. The Bertz CT molecular complexity index is 570. The molecule has 0 radical (unpaired) electrons. The number of benzene rings is 2. The molecule has 0 aliphatic rings. The van der Waals surface area contributed by atoms with E-state index in [-0.39, 0.29) is 17.4 Å². The van der Waals surface area contributed by atoms with Crippen LogP contribution in [-0.4, -0.2) is 15.3 Å². The van der Waals surface area contributed by atoms with Crippen LogP contribution in [0.25, 0.3) is 0 Å². The van der Waals surface area contributed by atoms with Gasteiger partial charge in [0.05, 0.1) is 0 Å². The molecule has 3 heteroatoms. The lowest BCUT2D eigenvalue weighted by molar-refractivity contribution is 0.365. The van der Waals surface area contributed by atoms with Crippen LogP contribution >= 0.6 is 0 Å². The molecular formula is C18H22O3. The van der Waals surface area contributed by atoms with Crippen LogP contribution in [-0.2, 0) is 0 Å². The Morgan fingerprint density at radius 3 is 1.71 bits per heavy atom. The van der Waals surface area contributed by atoms with E-state index in [9.17, 15) is 15.3 Å².